The lowest BCUT2D eigenvalue weighted by Crippen LogP contribution is -2.38. The number of nitrogens with zero attached hydrogens (tertiary/aromatic N) is 3. The number of amides is 3. The van der Waals surface area contributed by atoms with Crippen LogP contribution in [0.15, 0.2) is 65.5 Å². The minimum Gasteiger partial charge on any atom is -0.431 e. The second kappa shape index (κ2) is 9.14. The molecule has 7 nitrogen and oxygen atoms in total. The normalized spacial score (nSPS) is 15.9. The van der Waals surface area contributed by atoms with Crippen molar-refractivity contribution in [1.82, 2.24) is 15.1 Å². The number of hydrogen-bond acceptors (Lipinski definition) is 4. The summed E-state index contributed by atoms with van der Waals surface area (Å²) in [7, 11) is 0. The fourth-order valence-electron chi connectivity index (χ4n) is 3.49. The van der Waals surface area contributed by atoms with E-state index in [9.17, 15) is 22.8 Å². The molecule has 3 amide bonds. The number of amidine groups is 1. The maximum absolute atomic E-state index is 13.3. The maximum Gasteiger partial charge on any atom is 0.416 e. The molecule has 2 aliphatic heterocycles. The van der Waals surface area contributed by atoms with Gasteiger partial charge in [0.2, 0.25) is 0 Å². The Kier molecular flexibility index (Phi) is 6.28. The van der Waals surface area contributed by atoms with Crippen molar-refractivity contribution < 1.29 is 27.5 Å². The molecule has 2 aliphatic rings. The number of carbonyl (C=O) groups is 2. The van der Waals surface area contributed by atoms with Crippen LogP contribution in [0.2, 0.25) is 5.02 Å². The van der Waals surface area contributed by atoms with Gasteiger partial charge in [0.25, 0.3) is 5.91 Å². The Bertz CT molecular complexity index is 1150. The molecule has 11 heteroatoms. The number of aliphatic imine (C=N–C) groups is 1. The molecule has 2 aromatic rings. The first-order valence-corrected chi connectivity index (χ1v) is 10.3. The fraction of sp³-hybridized carbons (Fsp3) is 0.227. The first-order chi connectivity index (χ1) is 15.7. The molecule has 0 saturated heterocycles. The number of benzene rings is 2. The molecule has 1 N–H and O–H groups in total. The molecule has 2 aromatic carbocycles. The summed E-state index contributed by atoms with van der Waals surface area (Å²) in [5, 5.41) is 3.28. The van der Waals surface area contributed by atoms with Crippen LogP contribution in [0.25, 0.3) is 0 Å². The molecule has 0 atom stereocenters. The number of urea groups is 1. The van der Waals surface area contributed by atoms with Crippen molar-refractivity contribution in [3.05, 3.63) is 82.2 Å². The van der Waals surface area contributed by atoms with Gasteiger partial charge < -0.3 is 15.0 Å². The molecule has 0 spiro atoms. The predicted molar refractivity (Wildman–Crippen MR) is 114 cm³/mol. The molecule has 0 fully saturated rings. The van der Waals surface area contributed by atoms with Crippen LogP contribution in [0.1, 0.15) is 16.7 Å². The summed E-state index contributed by atoms with van der Waals surface area (Å²) in [6.45, 7) is 0.102. The minimum atomic E-state index is -4.54. The molecule has 172 valence electrons. The second-order valence-electron chi connectivity index (χ2n) is 7.34. The van der Waals surface area contributed by atoms with E-state index < -0.39 is 23.7 Å². The fourth-order valence-corrected chi connectivity index (χ4v) is 3.71. The van der Waals surface area contributed by atoms with Crippen LogP contribution in [0.3, 0.4) is 0 Å². The predicted octanol–water partition coefficient (Wildman–Crippen LogP) is 4.14. The molecule has 0 aliphatic carbocycles. The topological polar surface area (TPSA) is 74.2 Å². The monoisotopic (exact) mass is 478 g/mol. The molecule has 0 bridgehead atoms. The summed E-state index contributed by atoms with van der Waals surface area (Å²) >= 11 is 5.95. The number of ether oxygens (including phenoxy) is 1. The van der Waals surface area contributed by atoms with Gasteiger partial charge in [-0.25, -0.2) is 4.79 Å². The number of alkyl halides is 3. The second-order valence-corrected chi connectivity index (χ2v) is 7.78. The standard InChI is InChI=1S/C22H18ClF3N4O3/c23-16-6-3-4-14(10-16)11-27-19(31)18-13-33-21-28-20(32)29(8-9-30(18)21)12-15-5-1-2-7-17(15)22(24,25)26/h1-7,10,13H,8-9,11-12H2,(H,27,31). The van der Waals surface area contributed by atoms with Crippen LogP contribution in [0.4, 0.5) is 18.0 Å². The Morgan fingerprint density at radius 1 is 1.15 bits per heavy atom. The van der Waals surface area contributed by atoms with Crippen molar-refractivity contribution in [2.24, 2.45) is 4.99 Å². The number of hydrogen-bond donors (Lipinski definition) is 1. The van der Waals surface area contributed by atoms with Crippen molar-refractivity contribution in [3.63, 3.8) is 0 Å². The minimum absolute atomic E-state index is 0.0420. The van der Waals surface area contributed by atoms with Gasteiger partial charge >= 0.3 is 18.2 Å². The number of carbonyl (C=O) groups excluding carboxylic acids is 2. The first kappa shape index (κ1) is 22.7. The van der Waals surface area contributed by atoms with Gasteiger partial charge in [-0.2, -0.15) is 13.2 Å². The zero-order valence-electron chi connectivity index (χ0n) is 17.1. The smallest absolute Gasteiger partial charge is 0.416 e. The highest BCUT2D eigenvalue weighted by Gasteiger charge is 2.36. The lowest BCUT2D eigenvalue weighted by atomic mass is 10.1. The molecule has 0 aromatic heterocycles. The van der Waals surface area contributed by atoms with E-state index in [4.69, 9.17) is 16.3 Å². The van der Waals surface area contributed by atoms with Gasteiger partial charge in [-0.05, 0) is 29.3 Å². The van der Waals surface area contributed by atoms with Crippen molar-refractivity contribution >= 4 is 29.6 Å². The molecule has 0 unspecified atom stereocenters. The van der Waals surface area contributed by atoms with Crippen LogP contribution in [0.5, 0.6) is 0 Å². The van der Waals surface area contributed by atoms with Crippen molar-refractivity contribution in [2.75, 3.05) is 13.1 Å². The third-order valence-corrected chi connectivity index (χ3v) is 5.35. The Balaban J connectivity index is 1.44. The number of halogens is 4. The molecule has 4 rings (SSSR count). The lowest BCUT2D eigenvalue weighted by molar-refractivity contribution is -0.138. The van der Waals surface area contributed by atoms with Crippen LogP contribution < -0.4 is 5.32 Å². The summed E-state index contributed by atoms with van der Waals surface area (Å²) in [5.41, 5.74) is 0.0786. The van der Waals surface area contributed by atoms with Crippen molar-refractivity contribution in [2.45, 2.75) is 19.3 Å². The molecular weight excluding hydrogens is 461 g/mol. The highest BCUT2D eigenvalue weighted by atomic mass is 35.5. The summed E-state index contributed by atoms with van der Waals surface area (Å²) in [4.78, 5) is 31.7. The molecule has 0 saturated carbocycles. The highest BCUT2D eigenvalue weighted by Crippen LogP contribution is 2.32. The van der Waals surface area contributed by atoms with Gasteiger partial charge in [-0.15, -0.1) is 4.99 Å². The average molecular weight is 479 g/mol. The Morgan fingerprint density at radius 3 is 2.70 bits per heavy atom. The number of nitrogens with one attached hydrogen (secondary N) is 1. The zero-order chi connectivity index (χ0) is 23.6. The van der Waals surface area contributed by atoms with E-state index in [1.165, 1.54) is 34.3 Å². The van der Waals surface area contributed by atoms with Gasteiger partial charge in [-0.1, -0.05) is 41.9 Å². The van der Waals surface area contributed by atoms with Gasteiger partial charge in [-0.3, -0.25) is 9.69 Å². The van der Waals surface area contributed by atoms with Gasteiger partial charge in [0.1, 0.15) is 12.0 Å². The summed E-state index contributed by atoms with van der Waals surface area (Å²) in [5.74, 6) is -0.455. The molecule has 2 heterocycles. The highest BCUT2D eigenvalue weighted by molar-refractivity contribution is 6.30. The Hall–Kier alpha value is -3.53. The zero-order valence-corrected chi connectivity index (χ0v) is 17.9. The van der Waals surface area contributed by atoms with E-state index >= 15 is 0 Å². The van der Waals surface area contributed by atoms with E-state index in [-0.39, 0.29) is 43.5 Å². The Morgan fingerprint density at radius 2 is 1.94 bits per heavy atom. The maximum atomic E-state index is 13.3. The molecular formula is C22H18ClF3N4O3. The van der Waals surface area contributed by atoms with E-state index in [1.54, 1.807) is 24.3 Å². The largest absolute Gasteiger partial charge is 0.431 e. The van der Waals surface area contributed by atoms with E-state index in [1.807, 2.05) is 0 Å². The summed E-state index contributed by atoms with van der Waals surface area (Å²) in [6.07, 6.45) is -3.36. The van der Waals surface area contributed by atoms with Crippen LogP contribution in [0, 0.1) is 0 Å². The van der Waals surface area contributed by atoms with Gasteiger partial charge in [0, 0.05) is 31.2 Å². The molecule has 33 heavy (non-hydrogen) atoms. The van der Waals surface area contributed by atoms with Crippen molar-refractivity contribution in [1.29, 1.82) is 0 Å². The SMILES string of the molecule is O=C(NCc1cccc(Cl)c1)C1=COC2=NC(=O)N(Cc3ccccc3C(F)(F)F)CCN12. The molecule has 0 radical (unpaired) electrons. The van der Waals surface area contributed by atoms with Crippen LogP contribution >= 0.6 is 11.6 Å². The Labute approximate surface area is 192 Å². The van der Waals surface area contributed by atoms with Gasteiger partial charge in [0.15, 0.2) is 0 Å². The van der Waals surface area contributed by atoms with Gasteiger partial charge in [0.05, 0.1) is 5.56 Å². The number of fused-ring (bicyclic) bond motifs is 1. The van der Waals surface area contributed by atoms with E-state index in [0.29, 0.717) is 5.02 Å². The van der Waals surface area contributed by atoms with Crippen molar-refractivity contribution in [3.8, 4) is 0 Å². The first-order valence-electron chi connectivity index (χ1n) is 9.92. The summed E-state index contributed by atoms with van der Waals surface area (Å²) < 4.78 is 45.2. The quantitative estimate of drug-likeness (QED) is 0.701. The lowest BCUT2D eigenvalue weighted by Gasteiger charge is -2.22. The summed E-state index contributed by atoms with van der Waals surface area (Å²) in [6, 6.07) is 11.2. The van der Waals surface area contributed by atoms with Crippen LogP contribution in [-0.4, -0.2) is 40.8 Å². The average Bonchev–Trinajstić information content (AvgIpc) is 3.10. The third-order valence-electron chi connectivity index (χ3n) is 5.11. The van der Waals surface area contributed by atoms with Crippen LogP contribution in [-0.2, 0) is 28.8 Å². The van der Waals surface area contributed by atoms with E-state index in [2.05, 4.69) is 10.3 Å². The van der Waals surface area contributed by atoms with E-state index in [0.717, 1.165) is 11.6 Å². The third kappa shape index (κ3) is 5.11. The number of rotatable bonds is 5.